The van der Waals surface area contributed by atoms with Crippen LogP contribution < -0.4 is 0 Å². The Morgan fingerprint density at radius 1 is 1.00 bits per heavy atom. The van der Waals surface area contributed by atoms with Gasteiger partial charge in [-0.25, -0.2) is 0 Å². The zero-order chi connectivity index (χ0) is 13.6. The molecule has 1 saturated heterocycles. The fourth-order valence-corrected chi connectivity index (χ4v) is 2.37. The molecule has 1 aliphatic rings. The van der Waals surface area contributed by atoms with Gasteiger partial charge in [0.15, 0.2) is 0 Å². The number of hydrogen-bond donors (Lipinski definition) is 0. The van der Waals surface area contributed by atoms with Crippen molar-refractivity contribution in [1.29, 1.82) is 0 Å². The molecule has 0 radical (unpaired) electrons. The van der Waals surface area contributed by atoms with Crippen LogP contribution in [0.5, 0.6) is 0 Å². The van der Waals surface area contributed by atoms with Crippen LogP contribution in [0.3, 0.4) is 0 Å². The molecule has 2 nitrogen and oxygen atoms in total. The van der Waals surface area contributed by atoms with Gasteiger partial charge in [-0.1, -0.05) is 60.7 Å². The molecule has 0 spiro atoms. The van der Waals surface area contributed by atoms with E-state index in [-0.39, 0.29) is 6.10 Å². The van der Waals surface area contributed by atoms with E-state index in [1.54, 1.807) is 6.26 Å². The van der Waals surface area contributed by atoms with Crippen LogP contribution in [0, 0.1) is 0 Å². The van der Waals surface area contributed by atoms with Gasteiger partial charge in [0.25, 0.3) is 0 Å². The highest BCUT2D eigenvalue weighted by Crippen LogP contribution is 2.34. The summed E-state index contributed by atoms with van der Waals surface area (Å²) in [6, 6.07) is 20.5. The lowest BCUT2D eigenvalue weighted by Crippen LogP contribution is -1.94. The topological polar surface area (TPSA) is 18.5 Å². The average molecular weight is 266 g/mol. The molecule has 2 heteroatoms. The molecule has 0 amide bonds. The first-order chi connectivity index (χ1) is 9.92. The number of benzene rings is 2. The predicted molar refractivity (Wildman–Crippen MR) is 78.8 cm³/mol. The van der Waals surface area contributed by atoms with Crippen LogP contribution in [-0.2, 0) is 16.1 Å². The molecule has 3 rings (SSSR count). The Labute approximate surface area is 119 Å². The summed E-state index contributed by atoms with van der Waals surface area (Å²) in [5.74, 6) is 0.940. The van der Waals surface area contributed by atoms with Crippen molar-refractivity contribution in [1.82, 2.24) is 0 Å². The monoisotopic (exact) mass is 266 g/mol. The number of allylic oxidation sites excluding steroid dienone is 1. The molecule has 1 atom stereocenters. The molecule has 1 heterocycles. The van der Waals surface area contributed by atoms with E-state index < -0.39 is 0 Å². The van der Waals surface area contributed by atoms with E-state index in [0.717, 1.165) is 18.6 Å². The van der Waals surface area contributed by atoms with Gasteiger partial charge in [0.2, 0.25) is 0 Å². The highest BCUT2D eigenvalue weighted by Gasteiger charge is 2.22. The maximum atomic E-state index is 5.92. The SMILES string of the molecule is C(/OCc1ccccc1)=C1\CCC(c2ccccc2)O1. The molecular weight excluding hydrogens is 248 g/mol. The summed E-state index contributed by atoms with van der Waals surface area (Å²) in [6.07, 6.45) is 3.89. The van der Waals surface area contributed by atoms with Crippen molar-refractivity contribution in [2.24, 2.45) is 0 Å². The Morgan fingerprint density at radius 2 is 1.70 bits per heavy atom. The summed E-state index contributed by atoms with van der Waals surface area (Å²) in [5.41, 5.74) is 2.40. The van der Waals surface area contributed by atoms with Gasteiger partial charge in [0.1, 0.15) is 24.7 Å². The van der Waals surface area contributed by atoms with E-state index in [2.05, 4.69) is 24.3 Å². The van der Waals surface area contributed by atoms with Crippen molar-refractivity contribution in [3.63, 3.8) is 0 Å². The number of ether oxygens (including phenoxy) is 2. The molecular formula is C18H18O2. The van der Waals surface area contributed by atoms with Gasteiger partial charge in [-0.2, -0.15) is 0 Å². The molecule has 1 aliphatic heterocycles. The first-order valence-corrected chi connectivity index (χ1v) is 6.98. The Hall–Kier alpha value is -2.22. The first-order valence-electron chi connectivity index (χ1n) is 6.98. The molecule has 1 fully saturated rings. The Balaban J connectivity index is 1.53. The van der Waals surface area contributed by atoms with E-state index in [1.165, 1.54) is 11.1 Å². The van der Waals surface area contributed by atoms with Crippen LogP contribution in [0.4, 0.5) is 0 Å². The van der Waals surface area contributed by atoms with Crippen molar-refractivity contribution < 1.29 is 9.47 Å². The van der Waals surface area contributed by atoms with E-state index in [0.29, 0.717) is 6.61 Å². The molecule has 1 unspecified atom stereocenters. The molecule has 2 aromatic rings. The van der Waals surface area contributed by atoms with E-state index in [4.69, 9.17) is 9.47 Å². The van der Waals surface area contributed by atoms with Crippen LogP contribution in [0.1, 0.15) is 30.1 Å². The Morgan fingerprint density at radius 3 is 2.45 bits per heavy atom. The molecule has 0 saturated carbocycles. The number of hydrogen-bond acceptors (Lipinski definition) is 2. The molecule has 2 aromatic carbocycles. The van der Waals surface area contributed by atoms with E-state index >= 15 is 0 Å². The molecule has 102 valence electrons. The van der Waals surface area contributed by atoms with Gasteiger partial charge < -0.3 is 9.47 Å². The van der Waals surface area contributed by atoms with Gasteiger partial charge >= 0.3 is 0 Å². The third-order valence-electron chi connectivity index (χ3n) is 3.43. The maximum absolute atomic E-state index is 5.92. The van der Waals surface area contributed by atoms with Gasteiger partial charge in [-0.15, -0.1) is 0 Å². The van der Waals surface area contributed by atoms with Crippen molar-refractivity contribution in [3.05, 3.63) is 83.8 Å². The zero-order valence-corrected chi connectivity index (χ0v) is 11.4. The van der Waals surface area contributed by atoms with Gasteiger partial charge in [-0.05, 0) is 17.5 Å². The number of rotatable bonds is 4. The fraction of sp³-hybridized carbons (Fsp3) is 0.222. The lowest BCUT2D eigenvalue weighted by molar-refractivity contribution is 0.142. The smallest absolute Gasteiger partial charge is 0.131 e. The minimum absolute atomic E-state index is 0.169. The summed E-state index contributed by atoms with van der Waals surface area (Å²) >= 11 is 0. The van der Waals surface area contributed by atoms with E-state index in [1.807, 2.05) is 36.4 Å². The third kappa shape index (κ3) is 3.21. The standard InChI is InChI=1S/C18H18O2/c1-3-7-15(8-4-1)13-19-14-17-11-12-18(20-17)16-9-5-2-6-10-16/h1-10,14,18H,11-13H2/b17-14-. The van der Waals surface area contributed by atoms with Crippen LogP contribution >= 0.6 is 0 Å². The minimum Gasteiger partial charge on any atom is -0.493 e. The fourth-order valence-electron chi connectivity index (χ4n) is 2.37. The van der Waals surface area contributed by atoms with Gasteiger partial charge in [0, 0.05) is 6.42 Å². The second-order valence-electron chi connectivity index (χ2n) is 4.94. The normalized spacial score (nSPS) is 19.8. The second-order valence-corrected chi connectivity index (χ2v) is 4.94. The largest absolute Gasteiger partial charge is 0.493 e. The summed E-state index contributed by atoms with van der Waals surface area (Å²) in [7, 11) is 0. The molecule has 0 N–H and O–H groups in total. The molecule has 20 heavy (non-hydrogen) atoms. The van der Waals surface area contributed by atoms with Crippen LogP contribution in [0.15, 0.2) is 72.7 Å². The summed E-state index contributed by atoms with van der Waals surface area (Å²) < 4.78 is 11.5. The zero-order valence-electron chi connectivity index (χ0n) is 11.4. The molecule has 0 aliphatic carbocycles. The predicted octanol–water partition coefficient (Wildman–Crippen LogP) is 4.60. The first kappa shape index (κ1) is 12.8. The Bertz CT molecular complexity index is 560. The van der Waals surface area contributed by atoms with Crippen LogP contribution in [0.25, 0.3) is 0 Å². The molecule has 0 aromatic heterocycles. The van der Waals surface area contributed by atoms with Crippen molar-refractivity contribution in [2.75, 3.05) is 0 Å². The second kappa shape index (κ2) is 6.29. The minimum atomic E-state index is 0.169. The Kier molecular flexibility index (Phi) is 4.02. The highest BCUT2D eigenvalue weighted by atomic mass is 16.5. The third-order valence-corrected chi connectivity index (χ3v) is 3.43. The van der Waals surface area contributed by atoms with Crippen LogP contribution in [-0.4, -0.2) is 0 Å². The lowest BCUT2D eigenvalue weighted by Gasteiger charge is -2.10. The van der Waals surface area contributed by atoms with Crippen molar-refractivity contribution in [3.8, 4) is 0 Å². The highest BCUT2D eigenvalue weighted by molar-refractivity contribution is 5.20. The van der Waals surface area contributed by atoms with E-state index in [9.17, 15) is 0 Å². The van der Waals surface area contributed by atoms with Crippen LogP contribution in [0.2, 0.25) is 0 Å². The summed E-state index contributed by atoms with van der Waals surface area (Å²) in [6.45, 7) is 0.587. The quantitative estimate of drug-likeness (QED) is 0.753. The van der Waals surface area contributed by atoms with Crippen molar-refractivity contribution >= 4 is 0 Å². The van der Waals surface area contributed by atoms with Crippen molar-refractivity contribution in [2.45, 2.75) is 25.6 Å². The summed E-state index contributed by atoms with van der Waals surface area (Å²) in [4.78, 5) is 0. The van der Waals surface area contributed by atoms with Gasteiger partial charge in [0.05, 0.1) is 0 Å². The summed E-state index contributed by atoms with van der Waals surface area (Å²) in [5, 5.41) is 0. The maximum Gasteiger partial charge on any atom is 0.131 e. The lowest BCUT2D eigenvalue weighted by atomic mass is 10.1. The molecule has 0 bridgehead atoms. The average Bonchev–Trinajstić information content (AvgIpc) is 2.98. The van der Waals surface area contributed by atoms with Gasteiger partial charge in [-0.3, -0.25) is 0 Å².